The molecule has 0 spiro atoms. The van der Waals surface area contributed by atoms with Crippen molar-refractivity contribution in [1.82, 2.24) is 4.98 Å². The molecule has 1 saturated heterocycles. The van der Waals surface area contributed by atoms with Crippen LogP contribution in [0.1, 0.15) is 16.1 Å². The number of anilines is 3. The SMILES string of the molecule is CN1CCc2ccc(NC(=O)c3cc(N4CCOCC4)ccn3)cc21. The van der Waals surface area contributed by atoms with Crippen molar-refractivity contribution in [3.63, 3.8) is 0 Å². The largest absolute Gasteiger partial charge is 0.378 e. The lowest BCUT2D eigenvalue weighted by Crippen LogP contribution is -2.36. The van der Waals surface area contributed by atoms with Gasteiger partial charge < -0.3 is 19.9 Å². The van der Waals surface area contributed by atoms with Gasteiger partial charge in [0.1, 0.15) is 5.69 Å². The second-order valence-corrected chi connectivity index (χ2v) is 6.47. The second-order valence-electron chi connectivity index (χ2n) is 6.47. The summed E-state index contributed by atoms with van der Waals surface area (Å²) in [6.07, 6.45) is 2.75. The Balaban J connectivity index is 1.50. The number of rotatable bonds is 3. The molecule has 1 N–H and O–H groups in total. The van der Waals surface area contributed by atoms with Crippen LogP contribution in [0.5, 0.6) is 0 Å². The van der Waals surface area contributed by atoms with Gasteiger partial charge in [-0.3, -0.25) is 9.78 Å². The monoisotopic (exact) mass is 338 g/mol. The number of pyridine rings is 1. The number of carbonyl (C=O) groups is 1. The summed E-state index contributed by atoms with van der Waals surface area (Å²) in [5.41, 5.74) is 4.76. The molecule has 130 valence electrons. The van der Waals surface area contributed by atoms with E-state index >= 15 is 0 Å². The van der Waals surface area contributed by atoms with Crippen LogP contribution in [-0.2, 0) is 11.2 Å². The maximum Gasteiger partial charge on any atom is 0.274 e. The van der Waals surface area contributed by atoms with Crippen molar-refractivity contribution in [1.29, 1.82) is 0 Å². The van der Waals surface area contributed by atoms with Gasteiger partial charge in [-0.15, -0.1) is 0 Å². The third kappa shape index (κ3) is 3.30. The van der Waals surface area contributed by atoms with Crippen molar-refractivity contribution in [2.45, 2.75) is 6.42 Å². The number of hydrogen-bond acceptors (Lipinski definition) is 5. The summed E-state index contributed by atoms with van der Waals surface area (Å²) in [6, 6.07) is 9.87. The lowest BCUT2D eigenvalue weighted by atomic mass is 10.1. The topological polar surface area (TPSA) is 57.7 Å². The Hall–Kier alpha value is -2.60. The molecule has 0 saturated carbocycles. The first-order valence-electron chi connectivity index (χ1n) is 8.65. The fourth-order valence-electron chi connectivity index (χ4n) is 3.37. The van der Waals surface area contributed by atoms with Crippen LogP contribution in [0.2, 0.25) is 0 Å². The standard InChI is InChI=1S/C19H22N4O2/c1-22-7-5-14-2-3-15(12-18(14)22)21-19(24)17-13-16(4-6-20-17)23-8-10-25-11-9-23/h2-4,6,12-13H,5,7-11H2,1H3,(H,21,24). The molecule has 2 aliphatic heterocycles. The van der Waals surface area contributed by atoms with Gasteiger partial charge in [-0.1, -0.05) is 6.07 Å². The zero-order chi connectivity index (χ0) is 17.2. The number of nitrogens with one attached hydrogen (secondary N) is 1. The number of aromatic nitrogens is 1. The molecule has 1 fully saturated rings. The first-order valence-corrected chi connectivity index (χ1v) is 8.65. The van der Waals surface area contributed by atoms with Gasteiger partial charge in [0.25, 0.3) is 5.91 Å². The van der Waals surface area contributed by atoms with Crippen molar-refractivity contribution in [2.24, 2.45) is 0 Å². The molecule has 25 heavy (non-hydrogen) atoms. The van der Waals surface area contributed by atoms with Crippen molar-refractivity contribution in [3.05, 3.63) is 47.8 Å². The van der Waals surface area contributed by atoms with Gasteiger partial charge >= 0.3 is 0 Å². The van der Waals surface area contributed by atoms with E-state index in [2.05, 4.69) is 33.2 Å². The number of likely N-dealkylation sites (N-methyl/N-ethyl adjacent to an activating group) is 1. The molecule has 6 nitrogen and oxygen atoms in total. The van der Waals surface area contributed by atoms with E-state index < -0.39 is 0 Å². The third-order valence-corrected chi connectivity index (χ3v) is 4.82. The first kappa shape index (κ1) is 15.9. The molecule has 6 heteroatoms. The highest BCUT2D eigenvalue weighted by atomic mass is 16.5. The number of carbonyl (C=O) groups excluding carboxylic acids is 1. The quantitative estimate of drug-likeness (QED) is 0.929. The Bertz CT molecular complexity index is 787. The van der Waals surface area contributed by atoms with Crippen LogP contribution in [0, 0.1) is 0 Å². The van der Waals surface area contributed by atoms with Crippen molar-refractivity contribution < 1.29 is 9.53 Å². The van der Waals surface area contributed by atoms with E-state index in [4.69, 9.17) is 4.74 Å². The average Bonchev–Trinajstić information content (AvgIpc) is 3.03. The van der Waals surface area contributed by atoms with E-state index in [0.717, 1.165) is 37.4 Å². The van der Waals surface area contributed by atoms with Gasteiger partial charge in [-0.25, -0.2) is 0 Å². The molecule has 0 bridgehead atoms. The van der Waals surface area contributed by atoms with E-state index in [0.29, 0.717) is 18.9 Å². The lowest BCUT2D eigenvalue weighted by Gasteiger charge is -2.28. The first-order chi connectivity index (χ1) is 12.2. The number of nitrogens with zero attached hydrogens (tertiary/aromatic N) is 3. The number of amides is 1. The van der Waals surface area contributed by atoms with Gasteiger partial charge in [0.2, 0.25) is 0 Å². The summed E-state index contributed by atoms with van der Waals surface area (Å²) < 4.78 is 5.38. The molecule has 1 amide bonds. The van der Waals surface area contributed by atoms with E-state index in [-0.39, 0.29) is 5.91 Å². The zero-order valence-electron chi connectivity index (χ0n) is 14.4. The molecule has 0 unspecified atom stereocenters. The van der Waals surface area contributed by atoms with E-state index in [1.54, 1.807) is 6.20 Å². The molecular formula is C19H22N4O2. The number of hydrogen-bond donors (Lipinski definition) is 1. The van der Waals surface area contributed by atoms with Gasteiger partial charge in [0.05, 0.1) is 13.2 Å². The minimum Gasteiger partial charge on any atom is -0.378 e. The summed E-state index contributed by atoms with van der Waals surface area (Å²) in [5.74, 6) is -0.185. The van der Waals surface area contributed by atoms with Crippen molar-refractivity contribution >= 4 is 23.0 Å². The summed E-state index contributed by atoms with van der Waals surface area (Å²) in [4.78, 5) is 21.3. The highest BCUT2D eigenvalue weighted by Gasteiger charge is 2.18. The Morgan fingerprint density at radius 2 is 2.00 bits per heavy atom. The van der Waals surface area contributed by atoms with Crippen LogP contribution in [0.4, 0.5) is 17.1 Å². The van der Waals surface area contributed by atoms with Crippen LogP contribution < -0.4 is 15.1 Å². The smallest absolute Gasteiger partial charge is 0.274 e. The molecule has 4 rings (SSSR count). The summed E-state index contributed by atoms with van der Waals surface area (Å²) in [5, 5.41) is 2.97. The number of fused-ring (bicyclic) bond motifs is 1. The van der Waals surface area contributed by atoms with Crippen LogP contribution in [0.15, 0.2) is 36.5 Å². The minimum atomic E-state index is -0.185. The molecule has 0 radical (unpaired) electrons. The Morgan fingerprint density at radius 1 is 1.16 bits per heavy atom. The van der Waals surface area contributed by atoms with Crippen molar-refractivity contribution in [2.75, 3.05) is 55.0 Å². The molecule has 1 aromatic heterocycles. The number of morpholine rings is 1. The fourth-order valence-corrected chi connectivity index (χ4v) is 3.37. The maximum atomic E-state index is 12.6. The van der Waals surface area contributed by atoms with E-state index in [1.165, 1.54) is 11.3 Å². The second kappa shape index (κ2) is 6.72. The van der Waals surface area contributed by atoms with Crippen LogP contribution in [0.25, 0.3) is 0 Å². The molecule has 0 aliphatic carbocycles. The predicted molar refractivity (Wildman–Crippen MR) is 98.6 cm³/mol. The van der Waals surface area contributed by atoms with Crippen LogP contribution in [-0.4, -0.2) is 50.8 Å². The minimum absolute atomic E-state index is 0.185. The van der Waals surface area contributed by atoms with Gasteiger partial charge in [-0.2, -0.15) is 0 Å². The Kier molecular flexibility index (Phi) is 4.28. The highest BCUT2D eigenvalue weighted by molar-refractivity contribution is 6.03. The Labute approximate surface area is 147 Å². The predicted octanol–water partition coefficient (Wildman–Crippen LogP) is 2.16. The molecule has 0 atom stereocenters. The van der Waals surface area contributed by atoms with E-state index in [1.807, 2.05) is 24.3 Å². The van der Waals surface area contributed by atoms with Crippen LogP contribution >= 0.6 is 0 Å². The number of benzene rings is 1. The molecule has 2 aliphatic rings. The average molecular weight is 338 g/mol. The molecule has 2 aromatic rings. The lowest BCUT2D eigenvalue weighted by molar-refractivity contribution is 0.102. The summed E-state index contributed by atoms with van der Waals surface area (Å²) in [7, 11) is 2.07. The third-order valence-electron chi connectivity index (χ3n) is 4.82. The summed E-state index contributed by atoms with van der Waals surface area (Å²) >= 11 is 0. The highest BCUT2D eigenvalue weighted by Crippen LogP contribution is 2.29. The molecule has 1 aromatic carbocycles. The van der Waals surface area contributed by atoms with Crippen LogP contribution in [0.3, 0.4) is 0 Å². The van der Waals surface area contributed by atoms with Gasteiger partial charge in [-0.05, 0) is 36.2 Å². The Morgan fingerprint density at radius 3 is 2.84 bits per heavy atom. The zero-order valence-corrected chi connectivity index (χ0v) is 14.4. The molecule has 3 heterocycles. The summed E-state index contributed by atoms with van der Waals surface area (Å²) in [6.45, 7) is 4.12. The number of ether oxygens (including phenoxy) is 1. The van der Waals surface area contributed by atoms with E-state index in [9.17, 15) is 4.79 Å². The molecular weight excluding hydrogens is 316 g/mol. The van der Waals surface area contributed by atoms with Gasteiger partial charge in [0.15, 0.2) is 0 Å². The fraction of sp³-hybridized carbons (Fsp3) is 0.368. The maximum absolute atomic E-state index is 12.6. The van der Waals surface area contributed by atoms with Gasteiger partial charge in [0, 0.05) is 49.9 Å². The normalized spacial score (nSPS) is 16.7. The van der Waals surface area contributed by atoms with Crippen molar-refractivity contribution in [3.8, 4) is 0 Å².